The Balaban J connectivity index is 2.60. The Bertz CT molecular complexity index is 335. The molecule has 0 aliphatic carbocycles. The Morgan fingerprint density at radius 1 is 1.73 bits per heavy atom. The molecule has 1 amide bonds. The van der Waals surface area contributed by atoms with E-state index in [-0.39, 0.29) is 11.7 Å². The molecule has 6 nitrogen and oxygen atoms in total. The summed E-state index contributed by atoms with van der Waals surface area (Å²) in [6.45, 7) is 3.56. The van der Waals surface area contributed by atoms with Gasteiger partial charge in [0.25, 0.3) is 5.91 Å². The molecule has 6 heteroatoms. The van der Waals surface area contributed by atoms with Crippen molar-refractivity contribution in [1.82, 2.24) is 15.1 Å². The second-order valence-electron chi connectivity index (χ2n) is 3.03. The van der Waals surface area contributed by atoms with Gasteiger partial charge in [-0.2, -0.15) is 5.10 Å². The zero-order chi connectivity index (χ0) is 11.3. The third-order valence-electron chi connectivity index (χ3n) is 1.95. The highest BCUT2D eigenvalue weighted by Gasteiger charge is 2.12. The zero-order valence-corrected chi connectivity index (χ0v) is 8.99. The lowest BCUT2D eigenvalue weighted by Crippen LogP contribution is -2.27. The highest BCUT2D eigenvalue weighted by atomic mass is 16.5. The third-order valence-corrected chi connectivity index (χ3v) is 1.95. The first kappa shape index (κ1) is 11.5. The quantitative estimate of drug-likeness (QED) is 0.666. The van der Waals surface area contributed by atoms with Crippen LogP contribution in [-0.2, 0) is 11.3 Å². The number of aromatic nitrogens is 2. The van der Waals surface area contributed by atoms with E-state index < -0.39 is 0 Å². The molecular weight excluding hydrogens is 196 g/mol. The number of hydrogen-bond donors (Lipinski definition) is 2. The standard InChI is InChI=1S/C9H16N4O2/c1-3-13-6-7(8(10)12-13)9(14)11-4-5-15-2/h6H,3-5H2,1-2H3,(H2,10,12)(H,11,14). The van der Waals surface area contributed by atoms with E-state index >= 15 is 0 Å². The van der Waals surface area contributed by atoms with E-state index in [4.69, 9.17) is 10.5 Å². The van der Waals surface area contributed by atoms with E-state index in [0.717, 1.165) is 0 Å². The van der Waals surface area contributed by atoms with E-state index in [1.54, 1.807) is 18.0 Å². The molecule has 0 bridgehead atoms. The molecule has 0 saturated carbocycles. The van der Waals surface area contributed by atoms with Crippen LogP contribution in [0.15, 0.2) is 6.20 Å². The summed E-state index contributed by atoms with van der Waals surface area (Å²) < 4.78 is 6.44. The van der Waals surface area contributed by atoms with Crippen LogP contribution < -0.4 is 11.1 Å². The second kappa shape index (κ2) is 5.35. The number of nitrogen functional groups attached to an aromatic ring is 1. The summed E-state index contributed by atoms with van der Waals surface area (Å²) in [6.07, 6.45) is 1.64. The van der Waals surface area contributed by atoms with Gasteiger partial charge in [-0.15, -0.1) is 0 Å². The zero-order valence-electron chi connectivity index (χ0n) is 8.99. The molecule has 3 N–H and O–H groups in total. The van der Waals surface area contributed by atoms with Crippen molar-refractivity contribution in [2.24, 2.45) is 0 Å². The van der Waals surface area contributed by atoms with Crippen molar-refractivity contribution in [3.05, 3.63) is 11.8 Å². The van der Waals surface area contributed by atoms with Gasteiger partial charge in [0.1, 0.15) is 5.56 Å². The van der Waals surface area contributed by atoms with E-state index in [9.17, 15) is 4.79 Å². The Morgan fingerprint density at radius 3 is 3.00 bits per heavy atom. The molecule has 0 saturated heterocycles. The smallest absolute Gasteiger partial charge is 0.256 e. The molecular formula is C9H16N4O2. The molecule has 84 valence electrons. The van der Waals surface area contributed by atoms with Gasteiger partial charge in [-0.3, -0.25) is 9.48 Å². The van der Waals surface area contributed by atoms with Crippen LogP contribution in [-0.4, -0.2) is 35.9 Å². The summed E-state index contributed by atoms with van der Waals surface area (Å²) in [5, 5.41) is 6.66. The number of ether oxygens (including phenoxy) is 1. The molecule has 0 spiro atoms. The van der Waals surface area contributed by atoms with E-state index in [2.05, 4.69) is 10.4 Å². The Hall–Kier alpha value is -1.56. The number of anilines is 1. The van der Waals surface area contributed by atoms with Gasteiger partial charge in [0.15, 0.2) is 5.82 Å². The number of aryl methyl sites for hydroxylation is 1. The number of carbonyl (C=O) groups excluding carboxylic acids is 1. The van der Waals surface area contributed by atoms with Crippen LogP contribution in [0.3, 0.4) is 0 Å². The average Bonchev–Trinajstić information content (AvgIpc) is 2.60. The second-order valence-corrected chi connectivity index (χ2v) is 3.03. The van der Waals surface area contributed by atoms with Crippen LogP contribution >= 0.6 is 0 Å². The SMILES string of the molecule is CCn1cc(C(=O)NCCOC)c(N)n1. The fraction of sp³-hybridized carbons (Fsp3) is 0.556. The van der Waals surface area contributed by atoms with Crippen LogP contribution in [0.5, 0.6) is 0 Å². The average molecular weight is 212 g/mol. The van der Waals surface area contributed by atoms with E-state index in [0.29, 0.717) is 25.3 Å². The van der Waals surface area contributed by atoms with Crippen LogP contribution in [0.25, 0.3) is 0 Å². The maximum atomic E-state index is 11.6. The molecule has 0 aromatic carbocycles. The number of methoxy groups -OCH3 is 1. The van der Waals surface area contributed by atoms with Crippen LogP contribution in [0.4, 0.5) is 5.82 Å². The van der Waals surface area contributed by atoms with Crippen LogP contribution in [0, 0.1) is 0 Å². The minimum atomic E-state index is -0.218. The minimum absolute atomic E-state index is 0.218. The number of amides is 1. The summed E-state index contributed by atoms with van der Waals surface area (Å²) in [4.78, 5) is 11.6. The number of nitrogens with two attached hydrogens (primary N) is 1. The highest BCUT2D eigenvalue weighted by Crippen LogP contribution is 2.08. The lowest BCUT2D eigenvalue weighted by molar-refractivity contribution is 0.0938. The van der Waals surface area contributed by atoms with Gasteiger partial charge in [0, 0.05) is 26.4 Å². The van der Waals surface area contributed by atoms with Gasteiger partial charge in [-0.25, -0.2) is 0 Å². The lowest BCUT2D eigenvalue weighted by atomic mass is 10.3. The normalized spacial score (nSPS) is 10.3. The van der Waals surface area contributed by atoms with Crippen molar-refractivity contribution < 1.29 is 9.53 Å². The van der Waals surface area contributed by atoms with Crippen LogP contribution in [0.1, 0.15) is 17.3 Å². The van der Waals surface area contributed by atoms with Crippen molar-refractivity contribution in [2.75, 3.05) is 26.0 Å². The van der Waals surface area contributed by atoms with Crippen molar-refractivity contribution >= 4 is 11.7 Å². The largest absolute Gasteiger partial charge is 0.383 e. The first-order valence-electron chi connectivity index (χ1n) is 4.79. The van der Waals surface area contributed by atoms with Gasteiger partial charge < -0.3 is 15.8 Å². The summed E-state index contributed by atoms with van der Waals surface area (Å²) in [5.41, 5.74) is 6.01. The molecule has 15 heavy (non-hydrogen) atoms. The minimum Gasteiger partial charge on any atom is -0.383 e. The molecule has 1 aromatic heterocycles. The van der Waals surface area contributed by atoms with E-state index in [1.165, 1.54) is 0 Å². The topological polar surface area (TPSA) is 82.2 Å². The maximum Gasteiger partial charge on any atom is 0.256 e. The fourth-order valence-corrected chi connectivity index (χ4v) is 1.14. The summed E-state index contributed by atoms with van der Waals surface area (Å²) >= 11 is 0. The molecule has 0 radical (unpaired) electrons. The highest BCUT2D eigenvalue weighted by molar-refractivity contribution is 5.98. The molecule has 1 aromatic rings. The molecule has 0 fully saturated rings. The van der Waals surface area contributed by atoms with Gasteiger partial charge in [-0.05, 0) is 6.92 Å². The summed E-state index contributed by atoms with van der Waals surface area (Å²) in [5.74, 6) is 0.0380. The van der Waals surface area contributed by atoms with E-state index in [1.807, 2.05) is 6.92 Å². The number of carbonyl (C=O) groups is 1. The number of nitrogens with one attached hydrogen (secondary N) is 1. The van der Waals surface area contributed by atoms with Crippen molar-refractivity contribution in [1.29, 1.82) is 0 Å². The number of rotatable bonds is 5. The Kier molecular flexibility index (Phi) is 4.11. The fourth-order valence-electron chi connectivity index (χ4n) is 1.14. The monoisotopic (exact) mass is 212 g/mol. The maximum absolute atomic E-state index is 11.6. The first-order valence-corrected chi connectivity index (χ1v) is 4.79. The molecule has 0 aliphatic rings. The summed E-state index contributed by atoms with van der Waals surface area (Å²) in [6, 6.07) is 0. The van der Waals surface area contributed by atoms with Crippen LogP contribution in [0.2, 0.25) is 0 Å². The summed E-state index contributed by atoms with van der Waals surface area (Å²) in [7, 11) is 1.58. The van der Waals surface area contributed by atoms with Gasteiger partial charge >= 0.3 is 0 Å². The molecule has 1 heterocycles. The van der Waals surface area contributed by atoms with Crippen molar-refractivity contribution in [3.8, 4) is 0 Å². The molecule has 0 unspecified atom stereocenters. The lowest BCUT2D eigenvalue weighted by Gasteiger charge is -2.02. The third kappa shape index (κ3) is 2.95. The number of nitrogens with zero attached hydrogens (tertiary/aromatic N) is 2. The van der Waals surface area contributed by atoms with Crippen molar-refractivity contribution in [2.45, 2.75) is 13.5 Å². The molecule has 0 atom stereocenters. The molecule has 0 aliphatic heterocycles. The molecule has 1 rings (SSSR count). The Labute approximate surface area is 88.4 Å². The Morgan fingerprint density at radius 2 is 2.47 bits per heavy atom. The van der Waals surface area contributed by atoms with Gasteiger partial charge in [0.2, 0.25) is 0 Å². The van der Waals surface area contributed by atoms with Crippen molar-refractivity contribution in [3.63, 3.8) is 0 Å². The predicted octanol–water partition coefficient (Wildman–Crippen LogP) is -0.139. The number of hydrogen-bond acceptors (Lipinski definition) is 4. The van der Waals surface area contributed by atoms with Gasteiger partial charge in [-0.1, -0.05) is 0 Å². The first-order chi connectivity index (χ1) is 7.19. The predicted molar refractivity (Wildman–Crippen MR) is 56.5 cm³/mol. The van der Waals surface area contributed by atoms with Gasteiger partial charge in [0.05, 0.1) is 6.61 Å².